The molecule has 2 heterocycles. The van der Waals surface area contributed by atoms with E-state index < -0.39 is 0 Å². The number of benzene rings is 1. The van der Waals surface area contributed by atoms with Crippen LogP contribution in [0.3, 0.4) is 0 Å². The molecule has 4 nitrogen and oxygen atoms in total. The Morgan fingerprint density at radius 3 is 2.67 bits per heavy atom. The van der Waals surface area contributed by atoms with Gasteiger partial charge in [0, 0.05) is 16.8 Å². The monoisotopic (exact) mass is 256 g/mol. The van der Waals surface area contributed by atoms with E-state index in [1.807, 2.05) is 36.4 Å². The molecule has 0 aliphatic heterocycles. The fourth-order valence-electron chi connectivity index (χ4n) is 1.82. The van der Waals surface area contributed by atoms with Gasteiger partial charge in [-0.15, -0.1) is 11.3 Å². The Morgan fingerprint density at radius 1 is 1.06 bits per heavy atom. The molecular weight excluding hydrogens is 244 g/mol. The van der Waals surface area contributed by atoms with Gasteiger partial charge in [-0.3, -0.25) is 0 Å². The molecule has 0 aliphatic carbocycles. The SMILES string of the molecule is NCc1ccc(-c2nc(N)c3ccccc3n2)s1. The van der Waals surface area contributed by atoms with Crippen molar-refractivity contribution in [2.24, 2.45) is 5.73 Å². The highest BCUT2D eigenvalue weighted by Gasteiger charge is 2.08. The summed E-state index contributed by atoms with van der Waals surface area (Å²) in [5, 5.41) is 0.886. The summed E-state index contributed by atoms with van der Waals surface area (Å²) >= 11 is 1.60. The second-order valence-electron chi connectivity index (χ2n) is 3.92. The molecule has 90 valence electrons. The number of anilines is 1. The van der Waals surface area contributed by atoms with Crippen molar-refractivity contribution in [3.63, 3.8) is 0 Å². The fraction of sp³-hybridized carbons (Fsp3) is 0.0769. The lowest BCUT2D eigenvalue weighted by atomic mass is 10.2. The Morgan fingerprint density at radius 2 is 1.89 bits per heavy atom. The molecule has 1 aromatic carbocycles. The standard InChI is InChI=1S/C13H12N4S/c14-7-8-5-6-11(18-8)13-16-10-4-2-1-3-9(10)12(15)17-13/h1-6H,7,14H2,(H2,15,16,17). The molecule has 0 unspecified atom stereocenters. The zero-order valence-electron chi connectivity index (χ0n) is 9.63. The van der Waals surface area contributed by atoms with Crippen molar-refractivity contribution in [3.05, 3.63) is 41.3 Å². The first-order valence-corrected chi connectivity index (χ1v) is 6.41. The minimum absolute atomic E-state index is 0.512. The highest BCUT2D eigenvalue weighted by molar-refractivity contribution is 7.15. The average Bonchev–Trinajstić information content (AvgIpc) is 2.87. The highest BCUT2D eigenvalue weighted by atomic mass is 32.1. The molecule has 0 aliphatic rings. The number of hydrogen-bond acceptors (Lipinski definition) is 5. The first-order chi connectivity index (χ1) is 8.78. The van der Waals surface area contributed by atoms with Crippen molar-refractivity contribution in [2.45, 2.75) is 6.54 Å². The van der Waals surface area contributed by atoms with Gasteiger partial charge in [0.15, 0.2) is 5.82 Å². The number of fused-ring (bicyclic) bond motifs is 1. The molecule has 3 rings (SSSR count). The molecule has 5 heteroatoms. The lowest BCUT2D eigenvalue weighted by Gasteiger charge is -2.03. The third-order valence-electron chi connectivity index (χ3n) is 2.72. The highest BCUT2D eigenvalue weighted by Crippen LogP contribution is 2.28. The maximum absolute atomic E-state index is 5.96. The third kappa shape index (κ3) is 1.83. The third-order valence-corrected chi connectivity index (χ3v) is 3.82. The van der Waals surface area contributed by atoms with Gasteiger partial charge in [0.2, 0.25) is 0 Å². The van der Waals surface area contributed by atoms with Crippen LogP contribution in [0.1, 0.15) is 4.88 Å². The van der Waals surface area contributed by atoms with Crippen molar-refractivity contribution in [3.8, 4) is 10.7 Å². The number of nitrogens with zero attached hydrogens (tertiary/aromatic N) is 2. The van der Waals surface area contributed by atoms with Crippen LogP contribution in [-0.4, -0.2) is 9.97 Å². The van der Waals surface area contributed by atoms with E-state index in [9.17, 15) is 0 Å². The van der Waals surface area contributed by atoms with Gasteiger partial charge in [-0.05, 0) is 24.3 Å². The van der Waals surface area contributed by atoms with E-state index in [4.69, 9.17) is 11.5 Å². The average molecular weight is 256 g/mol. The van der Waals surface area contributed by atoms with Gasteiger partial charge >= 0.3 is 0 Å². The van der Waals surface area contributed by atoms with Crippen LogP contribution in [0.4, 0.5) is 5.82 Å². The molecule has 0 spiro atoms. The molecule has 0 bridgehead atoms. The topological polar surface area (TPSA) is 77.8 Å². The van der Waals surface area contributed by atoms with Crippen LogP contribution >= 0.6 is 11.3 Å². The van der Waals surface area contributed by atoms with Crippen LogP contribution in [0.2, 0.25) is 0 Å². The lowest BCUT2D eigenvalue weighted by molar-refractivity contribution is 1.11. The summed E-state index contributed by atoms with van der Waals surface area (Å²) in [6.07, 6.45) is 0. The van der Waals surface area contributed by atoms with E-state index in [0.29, 0.717) is 18.2 Å². The molecule has 0 saturated heterocycles. The molecule has 18 heavy (non-hydrogen) atoms. The smallest absolute Gasteiger partial charge is 0.172 e. The van der Waals surface area contributed by atoms with E-state index in [1.165, 1.54) is 0 Å². The Bertz CT molecular complexity index is 705. The van der Waals surface area contributed by atoms with Gasteiger partial charge in [0.1, 0.15) is 5.82 Å². The van der Waals surface area contributed by atoms with E-state index >= 15 is 0 Å². The van der Waals surface area contributed by atoms with Crippen LogP contribution < -0.4 is 11.5 Å². The zero-order chi connectivity index (χ0) is 12.5. The van der Waals surface area contributed by atoms with Crippen molar-refractivity contribution in [1.82, 2.24) is 9.97 Å². The maximum Gasteiger partial charge on any atom is 0.172 e. The number of thiophene rings is 1. The number of rotatable bonds is 2. The number of aromatic nitrogens is 2. The molecule has 3 aromatic rings. The molecule has 0 amide bonds. The Labute approximate surface area is 108 Å². The van der Waals surface area contributed by atoms with Crippen molar-refractivity contribution in [1.29, 1.82) is 0 Å². The minimum Gasteiger partial charge on any atom is -0.383 e. The molecule has 0 radical (unpaired) electrons. The summed E-state index contributed by atoms with van der Waals surface area (Å²) in [6.45, 7) is 0.535. The van der Waals surface area contributed by atoms with E-state index in [1.54, 1.807) is 11.3 Å². The Balaban J connectivity index is 2.18. The van der Waals surface area contributed by atoms with Gasteiger partial charge in [0.05, 0.1) is 10.4 Å². The maximum atomic E-state index is 5.96. The van der Waals surface area contributed by atoms with E-state index in [2.05, 4.69) is 9.97 Å². The van der Waals surface area contributed by atoms with Crippen molar-refractivity contribution < 1.29 is 0 Å². The molecule has 4 N–H and O–H groups in total. The summed E-state index contributed by atoms with van der Waals surface area (Å²) < 4.78 is 0. The molecule has 0 atom stereocenters. The summed E-state index contributed by atoms with van der Waals surface area (Å²) in [4.78, 5) is 11.0. The van der Waals surface area contributed by atoms with Gasteiger partial charge in [-0.25, -0.2) is 9.97 Å². The van der Waals surface area contributed by atoms with Crippen molar-refractivity contribution in [2.75, 3.05) is 5.73 Å². The normalized spacial score (nSPS) is 10.9. The lowest BCUT2D eigenvalue weighted by Crippen LogP contribution is -1.96. The molecular formula is C13H12N4S. The predicted octanol–water partition coefficient (Wildman–Crippen LogP) is 2.40. The first-order valence-electron chi connectivity index (χ1n) is 5.59. The van der Waals surface area contributed by atoms with Crippen molar-refractivity contribution >= 4 is 28.1 Å². The zero-order valence-corrected chi connectivity index (χ0v) is 10.4. The van der Waals surface area contributed by atoms with Crippen LogP contribution in [0.5, 0.6) is 0 Å². The quantitative estimate of drug-likeness (QED) is 0.738. The number of hydrogen-bond donors (Lipinski definition) is 2. The van der Waals surface area contributed by atoms with Gasteiger partial charge in [-0.1, -0.05) is 12.1 Å². The van der Waals surface area contributed by atoms with Gasteiger partial charge < -0.3 is 11.5 Å². The van der Waals surface area contributed by atoms with Gasteiger partial charge in [0.25, 0.3) is 0 Å². The largest absolute Gasteiger partial charge is 0.383 e. The van der Waals surface area contributed by atoms with E-state index in [-0.39, 0.29) is 0 Å². The summed E-state index contributed by atoms with van der Waals surface area (Å²) in [6, 6.07) is 11.7. The number of nitrogen functional groups attached to an aromatic ring is 1. The van der Waals surface area contributed by atoms with Crippen LogP contribution in [-0.2, 0) is 6.54 Å². The summed E-state index contributed by atoms with van der Waals surface area (Å²) in [5.74, 6) is 1.18. The molecule has 0 saturated carbocycles. The molecule has 2 aromatic heterocycles. The summed E-state index contributed by atoms with van der Waals surface area (Å²) in [7, 11) is 0. The minimum atomic E-state index is 0.512. The number of para-hydroxylation sites is 1. The van der Waals surface area contributed by atoms with E-state index in [0.717, 1.165) is 20.7 Å². The van der Waals surface area contributed by atoms with Crippen LogP contribution in [0.15, 0.2) is 36.4 Å². The first kappa shape index (κ1) is 11.1. The van der Waals surface area contributed by atoms with Crippen LogP contribution in [0.25, 0.3) is 21.6 Å². The Kier molecular flexibility index (Phi) is 2.70. The predicted molar refractivity (Wildman–Crippen MR) is 75.2 cm³/mol. The fourth-order valence-corrected chi connectivity index (χ4v) is 2.64. The number of nitrogens with two attached hydrogens (primary N) is 2. The Hall–Kier alpha value is -1.98. The van der Waals surface area contributed by atoms with Crippen LogP contribution in [0, 0.1) is 0 Å². The van der Waals surface area contributed by atoms with Gasteiger partial charge in [-0.2, -0.15) is 0 Å². The second-order valence-corrected chi connectivity index (χ2v) is 5.09. The molecule has 0 fully saturated rings. The second kappa shape index (κ2) is 4.36. The summed E-state index contributed by atoms with van der Waals surface area (Å²) in [5.41, 5.74) is 12.4.